The van der Waals surface area contributed by atoms with E-state index in [1.54, 1.807) is 0 Å². The lowest BCUT2D eigenvalue weighted by molar-refractivity contribution is -0.127. The highest BCUT2D eigenvalue weighted by Gasteiger charge is 2.63. The van der Waals surface area contributed by atoms with E-state index in [0.717, 1.165) is 44.9 Å². The Labute approximate surface area is 193 Å². The molecule has 0 radical (unpaired) electrons. The predicted octanol–water partition coefficient (Wildman–Crippen LogP) is 5.72. The molecule has 4 aliphatic carbocycles. The van der Waals surface area contributed by atoms with Crippen LogP contribution in [0, 0.1) is 29.1 Å². The lowest BCUT2D eigenvalue weighted by atomic mass is 9.48. The largest absolute Gasteiger partial charge is 0.389 e. The zero-order chi connectivity index (χ0) is 22.5. The molecule has 3 fully saturated rings. The van der Waals surface area contributed by atoms with E-state index in [2.05, 4.69) is 49.8 Å². The summed E-state index contributed by atoms with van der Waals surface area (Å²) in [5, 5.41) is 12.1. The number of hydrogen-bond acceptors (Lipinski definition) is 3. The van der Waals surface area contributed by atoms with Gasteiger partial charge in [0.2, 0.25) is 0 Å². The molecule has 6 atom stereocenters. The van der Waals surface area contributed by atoms with Crippen molar-refractivity contribution in [3.05, 3.63) is 54.1 Å². The average molecular weight is 434 g/mol. The first-order chi connectivity index (χ1) is 15.4. The van der Waals surface area contributed by atoms with Gasteiger partial charge in [0.15, 0.2) is 5.78 Å². The molecule has 1 N–H and O–H groups in total. The van der Waals surface area contributed by atoms with Crippen molar-refractivity contribution in [2.75, 3.05) is 19.0 Å². The lowest BCUT2D eigenvalue weighted by Gasteiger charge is -2.57. The Kier molecular flexibility index (Phi) is 5.60. The second-order valence-electron chi connectivity index (χ2n) is 11.3. The summed E-state index contributed by atoms with van der Waals surface area (Å²) in [5.74, 6) is 2.88. The van der Waals surface area contributed by atoms with Gasteiger partial charge in [0, 0.05) is 31.6 Å². The molecule has 172 valence electrons. The van der Waals surface area contributed by atoms with Crippen LogP contribution < -0.4 is 4.90 Å². The topological polar surface area (TPSA) is 40.5 Å². The number of carbonyl (C=O) groups excluding carboxylic acids is 1. The minimum atomic E-state index is -0.656. The maximum atomic E-state index is 12.1. The highest BCUT2D eigenvalue weighted by Crippen LogP contribution is 2.66. The van der Waals surface area contributed by atoms with Crippen molar-refractivity contribution in [2.45, 2.75) is 69.8 Å². The van der Waals surface area contributed by atoms with Crippen molar-refractivity contribution in [3.8, 4) is 0 Å². The Morgan fingerprint density at radius 3 is 2.75 bits per heavy atom. The van der Waals surface area contributed by atoms with Crippen molar-refractivity contribution in [3.63, 3.8) is 0 Å². The minimum absolute atomic E-state index is 0.0704. The van der Waals surface area contributed by atoms with E-state index >= 15 is 0 Å². The molecule has 1 aromatic rings. The Hall–Kier alpha value is -1.87. The number of allylic oxidation sites excluding steroid dienone is 1. The van der Waals surface area contributed by atoms with E-state index in [1.165, 1.54) is 29.7 Å². The molecule has 3 saturated carbocycles. The molecule has 0 amide bonds. The van der Waals surface area contributed by atoms with Gasteiger partial charge in [-0.25, -0.2) is 0 Å². The molecular weight excluding hydrogens is 394 g/mol. The fourth-order valence-corrected chi connectivity index (χ4v) is 8.34. The molecule has 3 nitrogen and oxygen atoms in total. The van der Waals surface area contributed by atoms with Gasteiger partial charge in [-0.2, -0.15) is 0 Å². The summed E-state index contributed by atoms with van der Waals surface area (Å²) in [6.45, 7) is 4.02. The normalized spacial score (nSPS) is 38.3. The van der Waals surface area contributed by atoms with Gasteiger partial charge in [-0.05, 0) is 105 Å². The van der Waals surface area contributed by atoms with Crippen LogP contribution in [0.2, 0.25) is 0 Å². The third-order valence-electron chi connectivity index (χ3n) is 9.73. The van der Waals surface area contributed by atoms with E-state index in [1.807, 2.05) is 12.2 Å². The van der Waals surface area contributed by atoms with Crippen LogP contribution in [-0.4, -0.2) is 30.6 Å². The van der Waals surface area contributed by atoms with Crippen LogP contribution in [0.3, 0.4) is 0 Å². The summed E-state index contributed by atoms with van der Waals surface area (Å²) in [6.07, 6.45) is 13.9. The van der Waals surface area contributed by atoms with Crippen LogP contribution in [0.15, 0.2) is 48.6 Å². The zero-order valence-corrected chi connectivity index (χ0v) is 19.9. The maximum Gasteiger partial charge on any atom is 0.155 e. The smallest absolute Gasteiger partial charge is 0.155 e. The van der Waals surface area contributed by atoms with Crippen molar-refractivity contribution in [1.29, 1.82) is 0 Å². The van der Waals surface area contributed by atoms with E-state index in [4.69, 9.17) is 0 Å². The van der Waals surface area contributed by atoms with E-state index < -0.39 is 5.60 Å². The predicted molar refractivity (Wildman–Crippen MR) is 131 cm³/mol. The number of nitrogens with zero attached hydrogens (tertiary/aromatic N) is 1. The minimum Gasteiger partial charge on any atom is -0.389 e. The van der Waals surface area contributed by atoms with Gasteiger partial charge >= 0.3 is 0 Å². The van der Waals surface area contributed by atoms with Crippen molar-refractivity contribution < 1.29 is 9.90 Å². The number of aliphatic hydroxyl groups is 1. The van der Waals surface area contributed by atoms with Crippen LogP contribution in [0.25, 0.3) is 0 Å². The number of fused-ring (bicyclic) bond motifs is 5. The maximum absolute atomic E-state index is 12.1. The molecule has 0 unspecified atom stereocenters. The number of hydrogen-bond donors (Lipinski definition) is 1. The van der Waals surface area contributed by atoms with Crippen LogP contribution >= 0.6 is 0 Å². The first-order valence-electron chi connectivity index (χ1n) is 12.7. The third-order valence-corrected chi connectivity index (χ3v) is 9.73. The third kappa shape index (κ3) is 3.39. The molecule has 0 saturated heterocycles. The van der Waals surface area contributed by atoms with Gasteiger partial charge in [0.25, 0.3) is 0 Å². The number of anilines is 1. The second kappa shape index (κ2) is 8.17. The molecule has 0 heterocycles. The highest BCUT2D eigenvalue weighted by molar-refractivity contribution is 5.91. The van der Waals surface area contributed by atoms with Crippen molar-refractivity contribution in [2.24, 2.45) is 29.1 Å². The summed E-state index contributed by atoms with van der Waals surface area (Å²) in [6, 6.07) is 8.91. The van der Waals surface area contributed by atoms with Crippen LogP contribution in [-0.2, 0) is 11.2 Å². The zero-order valence-electron chi connectivity index (χ0n) is 19.9. The fourth-order valence-electron chi connectivity index (χ4n) is 8.34. The van der Waals surface area contributed by atoms with Crippen molar-refractivity contribution >= 4 is 11.5 Å². The molecule has 4 aliphatic rings. The number of benzene rings is 1. The number of carbonyl (C=O) groups is 1. The molecule has 0 aliphatic heterocycles. The summed E-state index contributed by atoms with van der Waals surface area (Å²) >= 11 is 0. The van der Waals surface area contributed by atoms with Gasteiger partial charge in [-0.1, -0.05) is 23.8 Å². The molecular formula is C29H39NO2. The average Bonchev–Trinajstić information content (AvgIpc) is 3.06. The van der Waals surface area contributed by atoms with Crippen LogP contribution in [0.5, 0.6) is 0 Å². The first-order valence-corrected chi connectivity index (χ1v) is 12.7. The fraction of sp³-hybridized carbons (Fsp3) is 0.621. The molecule has 0 spiro atoms. The van der Waals surface area contributed by atoms with Gasteiger partial charge in [0.05, 0.1) is 5.60 Å². The second-order valence-corrected chi connectivity index (χ2v) is 11.3. The summed E-state index contributed by atoms with van der Waals surface area (Å²) < 4.78 is 0. The van der Waals surface area contributed by atoms with Gasteiger partial charge in [0.1, 0.15) is 0 Å². The quantitative estimate of drug-likeness (QED) is 0.603. The molecule has 0 aromatic heterocycles. The number of rotatable bonds is 5. The standard InChI is InChI=1S/C29H39NO2/c1-4-14-29(32)16-13-27-26-10-8-21-18-23(31)9-11-24(21)25(26)12-15-28(27,29)19-20-6-5-7-22(17-20)30(2)3/h4-7,17-18,24-27,32H,1,8-16,19H2,2-3H3/t24-,25+,26+,27-,28+,29-/m0/s1. The van der Waals surface area contributed by atoms with Gasteiger partial charge in [-0.15, -0.1) is 6.58 Å². The van der Waals surface area contributed by atoms with Crippen LogP contribution in [0.1, 0.15) is 63.4 Å². The Morgan fingerprint density at radius 1 is 1.12 bits per heavy atom. The SMILES string of the molecule is C=CC[C@]1(O)CC[C@H]2[C@@H]3CCC4=CC(=O)CC[C@@H]4[C@H]3CC[C@@]21Cc1cccc(N(C)C)c1. The van der Waals surface area contributed by atoms with Crippen LogP contribution in [0.4, 0.5) is 5.69 Å². The highest BCUT2D eigenvalue weighted by atomic mass is 16.3. The summed E-state index contributed by atoms with van der Waals surface area (Å²) in [7, 11) is 4.19. The van der Waals surface area contributed by atoms with E-state index in [0.29, 0.717) is 35.9 Å². The molecule has 5 rings (SSSR count). The van der Waals surface area contributed by atoms with Gasteiger partial charge in [-0.3, -0.25) is 4.79 Å². The monoisotopic (exact) mass is 433 g/mol. The van der Waals surface area contributed by atoms with E-state index in [-0.39, 0.29) is 5.41 Å². The molecule has 3 heteroatoms. The first kappa shape index (κ1) is 21.9. The Morgan fingerprint density at radius 2 is 1.97 bits per heavy atom. The Balaban J connectivity index is 1.50. The van der Waals surface area contributed by atoms with Gasteiger partial charge < -0.3 is 10.0 Å². The summed E-state index contributed by atoms with van der Waals surface area (Å²) in [5.41, 5.74) is 3.29. The Bertz CT molecular complexity index is 933. The molecule has 1 aromatic carbocycles. The lowest BCUT2D eigenvalue weighted by Crippen LogP contribution is -2.55. The molecule has 0 bridgehead atoms. The van der Waals surface area contributed by atoms with Crippen molar-refractivity contribution in [1.82, 2.24) is 0 Å². The van der Waals surface area contributed by atoms with E-state index in [9.17, 15) is 9.90 Å². The summed E-state index contributed by atoms with van der Waals surface area (Å²) in [4.78, 5) is 14.2. The molecule has 32 heavy (non-hydrogen) atoms. The number of ketones is 1.